The van der Waals surface area contributed by atoms with Crippen LogP contribution in [0.4, 0.5) is 10.1 Å². The summed E-state index contributed by atoms with van der Waals surface area (Å²) in [6.07, 6.45) is 5.87. The topological polar surface area (TPSA) is 42.0 Å². The zero-order valence-electron chi connectivity index (χ0n) is 11.9. The summed E-state index contributed by atoms with van der Waals surface area (Å²) in [6, 6.07) is 7.15. The normalized spacial score (nSPS) is 14.6. The number of anilines is 1. The van der Waals surface area contributed by atoms with Crippen molar-refractivity contribution in [3.05, 3.63) is 48.0 Å². The summed E-state index contributed by atoms with van der Waals surface area (Å²) >= 11 is 0. The molecule has 0 radical (unpaired) electrons. The van der Waals surface area contributed by atoms with Gasteiger partial charge in [0.25, 0.3) is 0 Å². The Bertz CT molecular complexity index is 680. The first-order valence-electron chi connectivity index (χ1n) is 7.16. The van der Waals surface area contributed by atoms with Gasteiger partial charge in [0.05, 0.1) is 6.20 Å². The van der Waals surface area contributed by atoms with E-state index in [0.29, 0.717) is 5.56 Å². The lowest BCUT2D eigenvalue weighted by Crippen LogP contribution is -2.28. The predicted molar refractivity (Wildman–Crippen MR) is 80.3 cm³/mol. The number of carbonyl (C=O) groups is 1. The molecule has 21 heavy (non-hydrogen) atoms. The van der Waals surface area contributed by atoms with Gasteiger partial charge in [-0.05, 0) is 43.0 Å². The van der Waals surface area contributed by atoms with E-state index in [1.54, 1.807) is 6.20 Å². The van der Waals surface area contributed by atoms with E-state index in [1.165, 1.54) is 12.3 Å². The lowest BCUT2D eigenvalue weighted by Gasteiger charge is -2.24. The van der Waals surface area contributed by atoms with Crippen LogP contribution >= 0.6 is 0 Å². The van der Waals surface area contributed by atoms with Crippen LogP contribution in [0.25, 0.3) is 11.1 Å². The van der Waals surface area contributed by atoms with Gasteiger partial charge in [-0.15, -0.1) is 0 Å². The first kappa shape index (κ1) is 13.7. The van der Waals surface area contributed by atoms with Gasteiger partial charge in [0, 0.05) is 23.4 Å². The van der Waals surface area contributed by atoms with Crippen molar-refractivity contribution in [1.29, 1.82) is 0 Å². The third-order valence-electron chi connectivity index (χ3n) is 4.01. The predicted octanol–water partition coefficient (Wildman–Crippen LogP) is 3.93. The molecule has 0 bridgehead atoms. The Balaban J connectivity index is 1.87. The summed E-state index contributed by atoms with van der Waals surface area (Å²) in [6.45, 7) is 1.95. The molecular weight excluding hydrogens is 267 g/mol. The maximum absolute atomic E-state index is 13.3. The van der Waals surface area contributed by atoms with Crippen molar-refractivity contribution in [3.8, 4) is 11.1 Å². The lowest BCUT2D eigenvalue weighted by atomic mass is 9.84. The second-order valence-corrected chi connectivity index (χ2v) is 5.54. The minimum atomic E-state index is -0.367. The molecule has 1 aromatic carbocycles. The maximum atomic E-state index is 13.3. The van der Waals surface area contributed by atoms with Gasteiger partial charge in [0.15, 0.2) is 0 Å². The molecule has 3 rings (SSSR count). The molecule has 1 saturated carbocycles. The molecule has 1 N–H and O–H groups in total. The van der Waals surface area contributed by atoms with Crippen molar-refractivity contribution < 1.29 is 9.18 Å². The summed E-state index contributed by atoms with van der Waals surface area (Å²) in [5.41, 5.74) is 3.33. The van der Waals surface area contributed by atoms with Gasteiger partial charge < -0.3 is 5.32 Å². The van der Waals surface area contributed by atoms with Crippen LogP contribution in [-0.4, -0.2) is 10.9 Å². The van der Waals surface area contributed by atoms with Gasteiger partial charge >= 0.3 is 0 Å². The SMILES string of the molecule is Cc1ccc(-c2cncc(F)c2)cc1NC(=O)C1CCC1. The number of hydrogen-bond donors (Lipinski definition) is 1. The summed E-state index contributed by atoms with van der Waals surface area (Å²) in [5, 5.41) is 2.98. The zero-order chi connectivity index (χ0) is 14.8. The number of pyridine rings is 1. The fraction of sp³-hybridized carbons (Fsp3) is 0.294. The molecule has 1 heterocycles. The average Bonchev–Trinajstić information content (AvgIpc) is 2.39. The zero-order valence-corrected chi connectivity index (χ0v) is 11.9. The second-order valence-electron chi connectivity index (χ2n) is 5.54. The summed E-state index contributed by atoms with van der Waals surface area (Å²) < 4.78 is 13.3. The van der Waals surface area contributed by atoms with Crippen LogP contribution in [-0.2, 0) is 4.79 Å². The number of halogens is 1. The van der Waals surface area contributed by atoms with E-state index in [1.807, 2.05) is 25.1 Å². The Hall–Kier alpha value is -2.23. The van der Waals surface area contributed by atoms with Crippen LogP contribution in [0.1, 0.15) is 24.8 Å². The molecule has 1 aliphatic rings. The van der Waals surface area contributed by atoms with E-state index >= 15 is 0 Å². The van der Waals surface area contributed by atoms with Gasteiger partial charge in [-0.2, -0.15) is 0 Å². The fourth-order valence-corrected chi connectivity index (χ4v) is 2.41. The summed E-state index contributed by atoms with van der Waals surface area (Å²) in [4.78, 5) is 15.9. The number of benzene rings is 1. The molecule has 1 fully saturated rings. The summed E-state index contributed by atoms with van der Waals surface area (Å²) in [5.74, 6) is -0.143. The summed E-state index contributed by atoms with van der Waals surface area (Å²) in [7, 11) is 0. The molecule has 4 heteroatoms. The second kappa shape index (κ2) is 5.64. The van der Waals surface area contributed by atoms with Crippen LogP contribution in [0.5, 0.6) is 0 Å². The maximum Gasteiger partial charge on any atom is 0.227 e. The van der Waals surface area contributed by atoms with E-state index in [0.717, 1.165) is 36.1 Å². The molecule has 0 saturated heterocycles. The first-order chi connectivity index (χ1) is 10.1. The number of nitrogens with zero attached hydrogens (tertiary/aromatic N) is 1. The molecular formula is C17H17FN2O. The Morgan fingerprint density at radius 3 is 2.71 bits per heavy atom. The highest BCUT2D eigenvalue weighted by Crippen LogP contribution is 2.30. The van der Waals surface area contributed by atoms with Gasteiger partial charge in [-0.3, -0.25) is 9.78 Å². The standard InChI is InChI=1S/C17H17FN2O/c1-11-5-6-13(14-7-15(18)10-19-9-14)8-16(11)20-17(21)12-3-2-4-12/h5-10,12H,2-4H2,1H3,(H,20,21). The highest BCUT2D eigenvalue weighted by atomic mass is 19.1. The molecule has 3 nitrogen and oxygen atoms in total. The lowest BCUT2D eigenvalue weighted by molar-refractivity contribution is -0.122. The molecule has 1 aliphatic carbocycles. The number of nitrogens with one attached hydrogen (secondary N) is 1. The molecule has 1 aromatic heterocycles. The highest BCUT2D eigenvalue weighted by molar-refractivity contribution is 5.94. The third kappa shape index (κ3) is 2.94. The van der Waals surface area contributed by atoms with Gasteiger partial charge in [0.1, 0.15) is 5.82 Å². The Morgan fingerprint density at radius 1 is 1.24 bits per heavy atom. The Labute approximate surface area is 123 Å². The monoisotopic (exact) mass is 284 g/mol. The molecule has 2 aromatic rings. The van der Waals surface area contributed by atoms with Gasteiger partial charge in [-0.25, -0.2) is 4.39 Å². The van der Waals surface area contributed by atoms with Crippen LogP contribution in [0.15, 0.2) is 36.7 Å². The molecule has 0 atom stereocenters. The number of aromatic nitrogens is 1. The Kier molecular flexibility index (Phi) is 3.69. The number of amides is 1. The van der Waals surface area contributed by atoms with E-state index in [4.69, 9.17) is 0 Å². The van der Waals surface area contributed by atoms with Crippen LogP contribution in [0, 0.1) is 18.7 Å². The number of rotatable bonds is 3. The van der Waals surface area contributed by atoms with Crippen molar-refractivity contribution >= 4 is 11.6 Å². The highest BCUT2D eigenvalue weighted by Gasteiger charge is 2.25. The van der Waals surface area contributed by atoms with Crippen molar-refractivity contribution in [2.24, 2.45) is 5.92 Å². The number of carbonyl (C=O) groups excluding carboxylic acids is 1. The minimum absolute atomic E-state index is 0.0823. The van der Waals surface area contributed by atoms with Crippen molar-refractivity contribution in [2.75, 3.05) is 5.32 Å². The average molecular weight is 284 g/mol. The number of hydrogen-bond acceptors (Lipinski definition) is 2. The van der Waals surface area contributed by atoms with Crippen molar-refractivity contribution in [1.82, 2.24) is 4.98 Å². The van der Waals surface area contributed by atoms with E-state index in [-0.39, 0.29) is 17.6 Å². The Morgan fingerprint density at radius 2 is 2.05 bits per heavy atom. The smallest absolute Gasteiger partial charge is 0.227 e. The van der Waals surface area contributed by atoms with Crippen LogP contribution in [0.2, 0.25) is 0 Å². The molecule has 0 spiro atoms. The number of aryl methyl sites for hydroxylation is 1. The van der Waals surface area contributed by atoms with Crippen molar-refractivity contribution in [2.45, 2.75) is 26.2 Å². The van der Waals surface area contributed by atoms with Crippen LogP contribution < -0.4 is 5.32 Å². The van der Waals surface area contributed by atoms with Gasteiger partial charge in [0.2, 0.25) is 5.91 Å². The van der Waals surface area contributed by atoms with E-state index in [2.05, 4.69) is 10.3 Å². The minimum Gasteiger partial charge on any atom is -0.326 e. The quantitative estimate of drug-likeness (QED) is 0.927. The van der Waals surface area contributed by atoms with E-state index < -0.39 is 0 Å². The van der Waals surface area contributed by atoms with E-state index in [9.17, 15) is 9.18 Å². The largest absolute Gasteiger partial charge is 0.326 e. The van der Waals surface area contributed by atoms with Crippen LogP contribution in [0.3, 0.4) is 0 Å². The third-order valence-corrected chi connectivity index (χ3v) is 4.01. The molecule has 1 amide bonds. The van der Waals surface area contributed by atoms with Gasteiger partial charge in [-0.1, -0.05) is 18.6 Å². The first-order valence-corrected chi connectivity index (χ1v) is 7.16. The fourth-order valence-electron chi connectivity index (χ4n) is 2.41. The van der Waals surface area contributed by atoms with Crippen molar-refractivity contribution in [3.63, 3.8) is 0 Å². The molecule has 0 unspecified atom stereocenters. The molecule has 0 aliphatic heterocycles. The molecule has 108 valence electrons.